The highest BCUT2D eigenvalue weighted by Crippen LogP contribution is 2.22. The largest absolute Gasteiger partial charge is 0.385 e. The number of fused-ring (bicyclic) bond motifs is 1. The van der Waals surface area contributed by atoms with Gasteiger partial charge in [0.05, 0.1) is 10.9 Å². The van der Waals surface area contributed by atoms with E-state index in [4.69, 9.17) is 16.3 Å². The van der Waals surface area contributed by atoms with Gasteiger partial charge in [0, 0.05) is 43.5 Å². The smallest absolute Gasteiger partial charge is 0.262 e. The first-order valence-electron chi connectivity index (χ1n) is 10.2. The van der Waals surface area contributed by atoms with E-state index in [1.807, 2.05) is 0 Å². The third-order valence-electron chi connectivity index (χ3n) is 5.14. The predicted molar refractivity (Wildman–Crippen MR) is 118 cm³/mol. The molecule has 0 atom stereocenters. The molecule has 2 aromatic rings. The molecule has 0 radical (unpaired) electrons. The zero-order valence-electron chi connectivity index (χ0n) is 16.8. The van der Waals surface area contributed by atoms with Crippen molar-refractivity contribution in [1.82, 2.24) is 14.9 Å². The SMILES string of the molecule is COCCCn1c(SCCC(=O)NC2CCCCC2)nc2cc(Cl)ccc2c1=O. The monoisotopic (exact) mass is 437 g/mol. The van der Waals surface area contributed by atoms with E-state index in [0.29, 0.717) is 58.9 Å². The molecule has 0 aliphatic heterocycles. The summed E-state index contributed by atoms with van der Waals surface area (Å²) in [7, 11) is 1.64. The van der Waals surface area contributed by atoms with Gasteiger partial charge >= 0.3 is 0 Å². The third kappa shape index (κ3) is 6.20. The molecule has 8 heteroatoms. The number of carbonyl (C=O) groups excluding carboxylic acids is 1. The van der Waals surface area contributed by atoms with Gasteiger partial charge in [-0.3, -0.25) is 14.2 Å². The second kappa shape index (κ2) is 11.0. The molecule has 0 saturated heterocycles. The lowest BCUT2D eigenvalue weighted by Crippen LogP contribution is -2.36. The molecule has 1 N–H and O–H groups in total. The second-order valence-electron chi connectivity index (χ2n) is 7.36. The van der Waals surface area contributed by atoms with Crippen LogP contribution in [-0.2, 0) is 16.1 Å². The van der Waals surface area contributed by atoms with E-state index in [0.717, 1.165) is 12.8 Å². The lowest BCUT2D eigenvalue weighted by Gasteiger charge is -2.22. The first-order chi connectivity index (χ1) is 14.1. The van der Waals surface area contributed by atoms with Crippen LogP contribution in [0.15, 0.2) is 28.2 Å². The number of benzene rings is 1. The number of carbonyl (C=O) groups is 1. The molecule has 1 aromatic heterocycles. The van der Waals surface area contributed by atoms with E-state index in [1.54, 1.807) is 29.9 Å². The van der Waals surface area contributed by atoms with Crippen LogP contribution < -0.4 is 10.9 Å². The summed E-state index contributed by atoms with van der Waals surface area (Å²) in [4.78, 5) is 29.9. The summed E-state index contributed by atoms with van der Waals surface area (Å²) in [5.74, 6) is 0.642. The van der Waals surface area contributed by atoms with Crippen molar-refractivity contribution in [2.24, 2.45) is 0 Å². The molecule has 1 saturated carbocycles. The van der Waals surface area contributed by atoms with Gasteiger partial charge in [-0.2, -0.15) is 0 Å². The van der Waals surface area contributed by atoms with Crippen molar-refractivity contribution in [2.45, 2.75) is 62.7 Å². The first kappa shape index (κ1) is 22.1. The molecule has 0 unspecified atom stereocenters. The van der Waals surface area contributed by atoms with Gasteiger partial charge in [-0.25, -0.2) is 4.98 Å². The maximum Gasteiger partial charge on any atom is 0.262 e. The maximum absolute atomic E-state index is 13.0. The summed E-state index contributed by atoms with van der Waals surface area (Å²) < 4.78 is 6.80. The van der Waals surface area contributed by atoms with Crippen LogP contribution in [0.5, 0.6) is 0 Å². The quantitative estimate of drug-likeness (QED) is 0.364. The Hall–Kier alpha value is -1.57. The van der Waals surface area contributed by atoms with Gasteiger partial charge < -0.3 is 10.1 Å². The van der Waals surface area contributed by atoms with E-state index < -0.39 is 0 Å². The minimum Gasteiger partial charge on any atom is -0.385 e. The lowest BCUT2D eigenvalue weighted by molar-refractivity contribution is -0.121. The number of thioether (sulfide) groups is 1. The van der Waals surface area contributed by atoms with Crippen LogP contribution >= 0.6 is 23.4 Å². The first-order valence-corrected chi connectivity index (χ1v) is 11.6. The zero-order chi connectivity index (χ0) is 20.6. The van der Waals surface area contributed by atoms with Crippen molar-refractivity contribution in [3.05, 3.63) is 33.6 Å². The van der Waals surface area contributed by atoms with Crippen LogP contribution in [0.4, 0.5) is 0 Å². The molecule has 1 amide bonds. The summed E-state index contributed by atoms with van der Waals surface area (Å²) >= 11 is 7.52. The van der Waals surface area contributed by atoms with Gasteiger partial charge in [-0.1, -0.05) is 42.6 Å². The summed E-state index contributed by atoms with van der Waals surface area (Å²) in [6.45, 7) is 1.09. The molecule has 1 fully saturated rings. The Morgan fingerprint density at radius 3 is 2.90 bits per heavy atom. The Balaban J connectivity index is 1.69. The highest BCUT2D eigenvalue weighted by atomic mass is 35.5. The number of nitrogens with one attached hydrogen (secondary N) is 1. The lowest BCUT2D eigenvalue weighted by atomic mass is 9.95. The molecule has 3 rings (SSSR count). The molecule has 0 bridgehead atoms. The van der Waals surface area contributed by atoms with Crippen molar-refractivity contribution < 1.29 is 9.53 Å². The van der Waals surface area contributed by atoms with Crippen LogP contribution in [-0.4, -0.2) is 41.0 Å². The average molecular weight is 438 g/mol. The standard InChI is InChI=1S/C21H28ClN3O3S/c1-28-12-5-11-25-20(27)17-9-8-15(22)14-18(17)24-21(25)29-13-10-19(26)23-16-6-3-2-4-7-16/h8-9,14,16H,2-7,10-13H2,1H3,(H,23,26). The van der Waals surface area contributed by atoms with Crippen molar-refractivity contribution in [3.8, 4) is 0 Å². The molecule has 1 aromatic carbocycles. The summed E-state index contributed by atoms with van der Waals surface area (Å²) in [5.41, 5.74) is 0.497. The highest BCUT2D eigenvalue weighted by Gasteiger charge is 2.16. The maximum atomic E-state index is 13.0. The molecule has 1 aliphatic rings. The molecule has 1 heterocycles. The third-order valence-corrected chi connectivity index (χ3v) is 6.36. The minimum absolute atomic E-state index is 0.0708. The van der Waals surface area contributed by atoms with Gasteiger partial charge in [0.1, 0.15) is 0 Å². The highest BCUT2D eigenvalue weighted by molar-refractivity contribution is 7.99. The van der Waals surface area contributed by atoms with E-state index >= 15 is 0 Å². The number of hydrogen-bond donors (Lipinski definition) is 1. The van der Waals surface area contributed by atoms with Gasteiger partial charge in [-0.05, 0) is 37.5 Å². The molecule has 29 heavy (non-hydrogen) atoms. The number of amides is 1. The Kier molecular flexibility index (Phi) is 8.39. The molecule has 0 spiro atoms. The number of hydrogen-bond acceptors (Lipinski definition) is 5. The summed E-state index contributed by atoms with van der Waals surface area (Å²) in [6.07, 6.45) is 6.92. The van der Waals surface area contributed by atoms with E-state index in [1.165, 1.54) is 31.0 Å². The Labute approximate surface area is 180 Å². The topological polar surface area (TPSA) is 73.2 Å². The van der Waals surface area contributed by atoms with Crippen LogP contribution in [0.25, 0.3) is 10.9 Å². The van der Waals surface area contributed by atoms with Gasteiger partial charge in [0.2, 0.25) is 5.91 Å². The van der Waals surface area contributed by atoms with Crippen molar-refractivity contribution in [1.29, 1.82) is 0 Å². The van der Waals surface area contributed by atoms with Crippen molar-refractivity contribution in [3.63, 3.8) is 0 Å². The molecule has 6 nitrogen and oxygen atoms in total. The summed E-state index contributed by atoms with van der Waals surface area (Å²) in [6, 6.07) is 5.44. The van der Waals surface area contributed by atoms with E-state index in [9.17, 15) is 9.59 Å². The van der Waals surface area contributed by atoms with Crippen molar-refractivity contribution >= 4 is 40.2 Å². The van der Waals surface area contributed by atoms with E-state index in [2.05, 4.69) is 10.3 Å². The Morgan fingerprint density at radius 1 is 1.34 bits per heavy atom. The van der Waals surface area contributed by atoms with Crippen LogP contribution in [0.1, 0.15) is 44.9 Å². The fourth-order valence-electron chi connectivity index (χ4n) is 3.63. The number of aromatic nitrogens is 2. The second-order valence-corrected chi connectivity index (χ2v) is 8.86. The van der Waals surface area contributed by atoms with Crippen LogP contribution in [0.2, 0.25) is 5.02 Å². The van der Waals surface area contributed by atoms with Gasteiger partial charge in [0.25, 0.3) is 5.56 Å². The number of rotatable bonds is 9. The fourth-order valence-corrected chi connectivity index (χ4v) is 4.76. The fraction of sp³-hybridized carbons (Fsp3) is 0.571. The number of halogens is 1. The Bertz CT molecular complexity index is 897. The van der Waals surface area contributed by atoms with Crippen molar-refractivity contribution in [2.75, 3.05) is 19.5 Å². The van der Waals surface area contributed by atoms with E-state index in [-0.39, 0.29) is 11.5 Å². The number of methoxy groups -OCH3 is 1. The number of nitrogens with zero attached hydrogens (tertiary/aromatic N) is 2. The zero-order valence-corrected chi connectivity index (χ0v) is 18.4. The molecule has 158 valence electrons. The predicted octanol–water partition coefficient (Wildman–Crippen LogP) is 4.02. The Morgan fingerprint density at radius 2 is 2.14 bits per heavy atom. The molecular weight excluding hydrogens is 410 g/mol. The minimum atomic E-state index is -0.0862. The van der Waals surface area contributed by atoms with Gasteiger partial charge in [-0.15, -0.1) is 0 Å². The van der Waals surface area contributed by atoms with Crippen LogP contribution in [0, 0.1) is 0 Å². The molecular formula is C21H28ClN3O3S. The normalized spacial score (nSPS) is 15.0. The number of ether oxygens (including phenoxy) is 1. The van der Waals surface area contributed by atoms with Gasteiger partial charge in [0.15, 0.2) is 5.16 Å². The van der Waals surface area contributed by atoms with Crippen LogP contribution in [0.3, 0.4) is 0 Å². The average Bonchev–Trinajstić information content (AvgIpc) is 2.70. The summed E-state index contributed by atoms with van der Waals surface area (Å²) in [5, 5.41) is 4.85. The molecule has 1 aliphatic carbocycles.